The summed E-state index contributed by atoms with van der Waals surface area (Å²) < 4.78 is 0. The molecular formula is C12H20N2O2. The number of aliphatic hydroxyl groups excluding tert-OH is 2. The molecule has 90 valence electrons. The molecule has 0 radical (unpaired) electrons. The van der Waals surface area contributed by atoms with Crippen molar-refractivity contribution >= 4 is 5.69 Å². The van der Waals surface area contributed by atoms with Crippen molar-refractivity contribution in [3.8, 4) is 0 Å². The molecule has 0 saturated heterocycles. The number of aryl methyl sites for hydroxylation is 2. The monoisotopic (exact) mass is 224 g/mol. The molecular weight excluding hydrogens is 204 g/mol. The Morgan fingerprint density at radius 1 is 1.25 bits per heavy atom. The van der Waals surface area contributed by atoms with Crippen LogP contribution in [-0.4, -0.2) is 22.9 Å². The molecule has 2 unspecified atom stereocenters. The summed E-state index contributed by atoms with van der Waals surface area (Å²) in [4.78, 5) is 0. The van der Waals surface area contributed by atoms with E-state index in [1.165, 1.54) is 0 Å². The van der Waals surface area contributed by atoms with E-state index in [1.807, 2.05) is 19.9 Å². The number of benzene rings is 1. The Bertz CT molecular complexity index is 366. The van der Waals surface area contributed by atoms with Crippen LogP contribution in [0.2, 0.25) is 0 Å². The van der Waals surface area contributed by atoms with E-state index in [-0.39, 0.29) is 0 Å². The predicted molar refractivity (Wildman–Crippen MR) is 65.0 cm³/mol. The highest BCUT2D eigenvalue weighted by molar-refractivity contribution is 5.56. The average molecular weight is 224 g/mol. The summed E-state index contributed by atoms with van der Waals surface area (Å²) in [6.45, 7) is 4.15. The molecule has 2 atom stereocenters. The number of nitrogen functional groups attached to an aromatic ring is 1. The second-order valence-corrected chi connectivity index (χ2v) is 4.17. The molecule has 1 rings (SSSR count). The van der Waals surface area contributed by atoms with Crippen LogP contribution >= 0.6 is 0 Å². The van der Waals surface area contributed by atoms with Gasteiger partial charge in [0.1, 0.15) is 6.10 Å². The number of hydrogen-bond donors (Lipinski definition) is 4. The van der Waals surface area contributed by atoms with Crippen LogP contribution in [0.3, 0.4) is 0 Å². The van der Waals surface area contributed by atoms with E-state index in [0.717, 1.165) is 11.1 Å². The molecule has 0 saturated carbocycles. The van der Waals surface area contributed by atoms with Gasteiger partial charge >= 0.3 is 0 Å². The molecule has 1 aromatic carbocycles. The van der Waals surface area contributed by atoms with Crippen molar-refractivity contribution in [1.29, 1.82) is 0 Å². The first-order chi connectivity index (χ1) is 7.47. The highest BCUT2D eigenvalue weighted by Crippen LogP contribution is 2.28. The van der Waals surface area contributed by atoms with Crippen LogP contribution in [0.1, 0.15) is 29.2 Å². The lowest BCUT2D eigenvalue weighted by Crippen LogP contribution is -2.22. The summed E-state index contributed by atoms with van der Waals surface area (Å²) in [5.41, 5.74) is 14.3. The summed E-state index contributed by atoms with van der Waals surface area (Å²) in [6.07, 6.45) is -1.48. The molecule has 0 bridgehead atoms. The van der Waals surface area contributed by atoms with Crippen LogP contribution in [0.15, 0.2) is 12.1 Å². The minimum absolute atomic E-state index is 0.336. The lowest BCUT2D eigenvalue weighted by Gasteiger charge is -2.20. The quantitative estimate of drug-likeness (QED) is 0.564. The van der Waals surface area contributed by atoms with E-state index < -0.39 is 12.2 Å². The van der Waals surface area contributed by atoms with E-state index in [1.54, 1.807) is 6.07 Å². The van der Waals surface area contributed by atoms with Crippen LogP contribution in [0.4, 0.5) is 5.69 Å². The highest BCUT2D eigenvalue weighted by Gasteiger charge is 2.20. The Morgan fingerprint density at radius 2 is 1.88 bits per heavy atom. The van der Waals surface area contributed by atoms with E-state index in [4.69, 9.17) is 11.5 Å². The first-order valence-electron chi connectivity index (χ1n) is 5.40. The van der Waals surface area contributed by atoms with Crippen LogP contribution in [0, 0.1) is 13.8 Å². The van der Waals surface area contributed by atoms with Gasteiger partial charge in [0, 0.05) is 11.3 Å². The van der Waals surface area contributed by atoms with Gasteiger partial charge in [-0.15, -0.1) is 0 Å². The first-order valence-corrected chi connectivity index (χ1v) is 5.40. The minimum atomic E-state index is -0.970. The molecule has 1 aromatic rings. The second kappa shape index (κ2) is 5.30. The zero-order valence-corrected chi connectivity index (χ0v) is 9.77. The molecule has 4 heteroatoms. The topological polar surface area (TPSA) is 92.5 Å². The number of nitrogens with two attached hydrogens (primary N) is 2. The second-order valence-electron chi connectivity index (χ2n) is 4.17. The zero-order valence-electron chi connectivity index (χ0n) is 9.77. The van der Waals surface area contributed by atoms with E-state index in [9.17, 15) is 10.2 Å². The Hall–Kier alpha value is -1.10. The summed E-state index contributed by atoms with van der Waals surface area (Å²) in [5.74, 6) is 0. The molecule has 0 amide bonds. The normalized spacial score (nSPS) is 14.8. The lowest BCUT2D eigenvalue weighted by atomic mass is 9.96. The van der Waals surface area contributed by atoms with Gasteiger partial charge in [0.05, 0.1) is 6.10 Å². The van der Waals surface area contributed by atoms with Crippen LogP contribution in [-0.2, 0) is 0 Å². The van der Waals surface area contributed by atoms with Crippen LogP contribution < -0.4 is 11.5 Å². The molecule has 0 aliphatic heterocycles. The van der Waals surface area contributed by atoms with Gasteiger partial charge in [0.2, 0.25) is 0 Å². The third-order valence-electron chi connectivity index (χ3n) is 2.71. The number of hydrogen-bond acceptors (Lipinski definition) is 4. The van der Waals surface area contributed by atoms with Crippen molar-refractivity contribution in [3.63, 3.8) is 0 Å². The molecule has 16 heavy (non-hydrogen) atoms. The number of rotatable bonds is 4. The van der Waals surface area contributed by atoms with Gasteiger partial charge in [-0.1, -0.05) is 17.7 Å². The highest BCUT2D eigenvalue weighted by atomic mass is 16.3. The maximum Gasteiger partial charge on any atom is 0.107 e. The van der Waals surface area contributed by atoms with Crippen molar-refractivity contribution in [2.24, 2.45) is 5.73 Å². The van der Waals surface area contributed by atoms with E-state index in [2.05, 4.69) is 0 Å². The minimum Gasteiger partial charge on any atom is -0.398 e. The molecule has 0 aliphatic carbocycles. The molecule has 0 fully saturated rings. The maximum absolute atomic E-state index is 9.96. The van der Waals surface area contributed by atoms with Gasteiger partial charge in [-0.05, 0) is 32.4 Å². The largest absolute Gasteiger partial charge is 0.398 e. The van der Waals surface area contributed by atoms with Gasteiger partial charge in [-0.25, -0.2) is 0 Å². The Morgan fingerprint density at radius 3 is 2.44 bits per heavy atom. The van der Waals surface area contributed by atoms with Crippen molar-refractivity contribution in [3.05, 3.63) is 28.8 Å². The van der Waals surface area contributed by atoms with Gasteiger partial charge < -0.3 is 21.7 Å². The predicted octanol–water partition coefficient (Wildman–Crippen LogP) is 0.629. The summed E-state index contributed by atoms with van der Waals surface area (Å²) >= 11 is 0. The fourth-order valence-electron chi connectivity index (χ4n) is 1.79. The molecule has 4 nitrogen and oxygen atoms in total. The summed E-state index contributed by atoms with van der Waals surface area (Å²) in [5, 5.41) is 19.7. The maximum atomic E-state index is 9.96. The number of aliphatic hydroxyl groups is 2. The van der Waals surface area contributed by atoms with Gasteiger partial charge in [-0.2, -0.15) is 0 Å². The zero-order chi connectivity index (χ0) is 12.3. The third kappa shape index (κ3) is 2.72. The van der Waals surface area contributed by atoms with Crippen LogP contribution in [0.5, 0.6) is 0 Å². The smallest absolute Gasteiger partial charge is 0.107 e. The molecule has 0 aliphatic rings. The lowest BCUT2D eigenvalue weighted by molar-refractivity contribution is 0.0154. The van der Waals surface area contributed by atoms with Crippen molar-refractivity contribution < 1.29 is 10.2 Å². The average Bonchev–Trinajstić information content (AvgIpc) is 2.22. The Balaban J connectivity index is 3.03. The molecule has 0 aromatic heterocycles. The summed E-state index contributed by atoms with van der Waals surface area (Å²) in [6, 6.07) is 3.74. The van der Waals surface area contributed by atoms with E-state index in [0.29, 0.717) is 24.2 Å². The fraction of sp³-hybridized carbons (Fsp3) is 0.500. The van der Waals surface area contributed by atoms with Crippen molar-refractivity contribution in [2.45, 2.75) is 32.5 Å². The SMILES string of the molecule is Cc1cc(C)c(N)c(C(O)C(O)CCN)c1. The van der Waals surface area contributed by atoms with Crippen LogP contribution in [0.25, 0.3) is 0 Å². The molecule has 0 heterocycles. The Labute approximate surface area is 95.9 Å². The van der Waals surface area contributed by atoms with Crippen molar-refractivity contribution in [2.75, 3.05) is 12.3 Å². The summed E-state index contributed by atoms with van der Waals surface area (Å²) in [7, 11) is 0. The first kappa shape index (κ1) is 13.0. The van der Waals surface area contributed by atoms with Gasteiger partial charge in [-0.3, -0.25) is 0 Å². The third-order valence-corrected chi connectivity index (χ3v) is 2.71. The van der Waals surface area contributed by atoms with Gasteiger partial charge in [0.15, 0.2) is 0 Å². The fourth-order valence-corrected chi connectivity index (χ4v) is 1.79. The van der Waals surface area contributed by atoms with E-state index >= 15 is 0 Å². The van der Waals surface area contributed by atoms with Crippen molar-refractivity contribution in [1.82, 2.24) is 0 Å². The number of anilines is 1. The standard InChI is InChI=1S/C12H20N2O2/c1-7-5-8(2)11(14)9(6-7)12(16)10(15)3-4-13/h5-6,10,12,15-16H,3-4,13-14H2,1-2H3. The Kier molecular flexibility index (Phi) is 4.29. The molecule has 0 spiro atoms. The molecule has 6 N–H and O–H groups in total. The van der Waals surface area contributed by atoms with Gasteiger partial charge in [0.25, 0.3) is 0 Å².